The maximum absolute atomic E-state index is 12.4. The smallest absolute Gasteiger partial charge is 0.304 e. The second-order valence-corrected chi connectivity index (χ2v) is 8.04. The summed E-state index contributed by atoms with van der Waals surface area (Å²) in [5, 5.41) is 8.97. The van der Waals surface area contributed by atoms with Gasteiger partial charge in [-0.15, -0.1) is 0 Å². The summed E-state index contributed by atoms with van der Waals surface area (Å²) < 4.78 is 23.4. The van der Waals surface area contributed by atoms with Crippen molar-refractivity contribution in [3.8, 4) is 0 Å². The molecule has 0 aromatic carbocycles. The van der Waals surface area contributed by atoms with Gasteiger partial charge in [0.2, 0.25) is 5.91 Å². The third-order valence-electron chi connectivity index (χ3n) is 4.26. The summed E-state index contributed by atoms with van der Waals surface area (Å²) in [6, 6.07) is -1.09. The van der Waals surface area contributed by atoms with Gasteiger partial charge in [-0.25, -0.2) is 8.42 Å². The molecule has 0 aliphatic carbocycles. The van der Waals surface area contributed by atoms with Crippen LogP contribution in [0.3, 0.4) is 0 Å². The van der Waals surface area contributed by atoms with Crippen LogP contribution in [0, 0.1) is 0 Å². The molecule has 0 spiro atoms. The van der Waals surface area contributed by atoms with Crippen molar-refractivity contribution in [2.45, 2.75) is 38.3 Å². The molecule has 0 radical (unpaired) electrons. The minimum absolute atomic E-state index is 0.0132. The molecule has 21 heavy (non-hydrogen) atoms. The molecule has 120 valence electrons. The predicted octanol–water partition coefficient (Wildman–Crippen LogP) is -0.429. The number of carboxylic acids is 1. The molecule has 8 heteroatoms. The zero-order valence-electron chi connectivity index (χ0n) is 12.2. The predicted molar refractivity (Wildman–Crippen MR) is 76.7 cm³/mol. The number of likely N-dealkylation sites (tertiary alicyclic amines) is 1. The number of carboxylic acid groups (broad SMARTS) is 1. The van der Waals surface area contributed by atoms with Crippen LogP contribution in [-0.2, 0) is 19.4 Å². The summed E-state index contributed by atoms with van der Waals surface area (Å²) in [7, 11) is -3.22. The van der Waals surface area contributed by atoms with Crippen LogP contribution in [0.25, 0.3) is 0 Å². The molecule has 2 aliphatic rings. The summed E-state index contributed by atoms with van der Waals surface area (Å²) in [6.07, 6.45) is 1.73. The molecular weight excluding hydrogens is 296 g/mol. The minimum Gasteiger partial charge on any atom is -0.481 e. The van der Waals surface area contributed by atoms with E-state index in [2.05, 4.69) is 0 Å². The molecule has 0 bridgehead atoms. The number of aliphatic carboxylic acids is 1. The van der Waals surface area contributed by atoms with Gasteiger partial charge in [-0.2, -0.15) is 0 Å². The molecule has 1 amide bonds. The number of hydrogen-bond donors (Lipinski definition) is 1. The molecule has 2 fully saturated rings. The highest BCUT2D eigenvalue weighted by atomic mass is 32.2. The summed E-state index contributed by atoms with van der Waals surface area (Å²) in [6.45, 7) is 3.44. The summed E-state index contributed by atoms with van der Waals surface area (Å²) >= 11 is 0. The summed E-state index contributed by atoms with van der Waals surface area (Å²) in [4.78, 5) is 26.9. The molecule has 2 rings (SSSR count). The highest BCUT2D eigenvalue weighted by molar-refractivity contribution is 7.91. The fraction of sp³-hybridized carbons (Fsp3) is 0.846. The fourth-order valence-corrected chi connectivity index (χ4v) is 4.68. The van der Waals surface area contributed by atoms with E-state index in [9.17, 15) is 18.0 Å². The van der Waals surface area contributed by atoms with Crippen LogP contribution in [0.1, 0.15) is 26.2 Å². The molecular formula is C13H22N2O5S. The molecule has 0 aromatic rings. The molecule has 2 unspecified atom stereocenters. The van der Waals surface area contributed by atoms with Gasteiger partial charge in [0.25, 0.3) is 0 Å². The van der Waals surface area contributed by atoms with Crippen LogP contribution in [0.4, 0.5) is 0 Å². The van der Waals surface area contributed by atoms with E-state index in [1.807, 2.05) is 0 Å². The zero-order chi connectivity index (χ0) is 15.6. The Labute approximate surface area is 124 Å². The Morgan fingerprint density at radius 2 is 1.86 bits per heavy atom. The van der Waals surface area contributed by atoms with E-state index in [1.54, 1.807) is 16.7 Å². The Bertz CT molecular complexity index is 513. The van der Waals surface area contributed by atoms with Crippen molar-refractivity contribution in [1.29, 1.82) is 0 Å². The van der Waals surface area contributed by atoms with Crippen molar-refractivity contribution in [1.82, 2.24) is 9.80 Å². The topological polar surface area (TPSA) is 95.0 Å². The largest absolute Gasteiger partial charge is 0.481 e. The minimum atomic E-state index is -3.22. The Hall–Kier alpha value is -1.15. The second-order valence-electron chi connectivity index (χ2n) is 5.81. The van der Waals surface area contributed by atoms with Gasteiger partial charge in [0.1, 0.15) is 0 Å². The quantitative estimate of drug-likeness (QED) is 0.756. The number of rotatable bonds is 4. The van der Waals surface area contributed by atoms with Crippen molar-refractivity contribution in [2.75, 3.05) is 31.1 Å². The van der Waals surface area contributed by atoms with Gasteiger partial charge < -0.3 is 10.0 Å². The fourth-order valence-electron chi connectivity index (χ4n) is 3.13. The van der Waals surface area contributed by atoms with E-state index in [0.29, 0.717) is 0 Å². The lowest BCUT2D eigenvalue weighted by atomic mass is 10.1. The molecule has 1 N–H and O–H groups in total. The summed E-state index contributed by atoms with van der Waals surface area (Å²) in [5.74, 6) is -1.26. The second kappa shape index (κ2) is 6.31. The van der Waals surface area contributed by atoms with E-state index in [1.165, 1.54) is 0 Å². The Kier molecular flexibility index (Phi) is 4.88. The Morgan fingerprint density at radius 3 is 2.43 bits per heavy atom. The van der Waals surface area contributed by atoms with Crippen molar-refractivity contribution >= 4 is 21.7 Å². The van der Waals surface area contributed by atoms with Crippen LogP contribution in [-0.4, -0.2) is 78.4 Å². The highest BCUT2D eigenvalue weighted by Gasteiger charge is 2.38. The van der Waals surface area contributed by atoms with Crippen molar-refractivity contribution in [3.63, 3.8) is 0 Å². The van der Waals surface area contributed by atoms with Gasteiger partial charge in [-0.05, 0) is 19.8 Å². The van der Waals surface area contributed by atoms with Crippen LogP contribution >= 0.6 is 0 Å². The first-order valence-corrected chi connectivity index (χ1v) is 9.09. The number of nitrogens with zero attached hydrogens (tertiary/aromatic N) is 2. The molecule has 2 atom stereocenters. The van der Waals surface area contributed by atoms with Crippen LogP contribution in [0.15, 0.2) is 0 Å². The lowest BCUT2D eigenvalue weighted by Gasteiger charge is -2.39. The first kappa shape index (κ1) is 16.2. The molecule has 0 aromatic heterocycles. The number of amides is 1. The molecule has 0 saturated carbocycles. The lowest BCUT2D eigenvalue weighted by Crippen LogP contribution is -2.57. The Morgan fingerprint density at radius 1 is 1.24 bits per heavy atom. The normalized spacial score (nSPS) is 27.5. The van der Waals surface area contributed by atoms with E-state index in [0.717, 1.165) is 25.9 Å². The average molecular weight is 318 g/mol. The molecule has 2 saturated heterocycles. The van der Waals surface area contributed by atoms with Crippen LogP contribution in [0.5, 0.6) is 0 Å². The SMILES string of the molecule is CC(C(=O)N1CCCC1)N1CCS(=O)(=O)CC1CC(=O)O. The van der Waals surface area contributed by atoms with Crippen molar-refractivity contribution in [2.24, 2.45) is 0 Å². The van der Waals surface area contributed by atoms with Gasteiger partial charge in [0.05, 0.1) is 24.0 Å². The number of hydrogen-bond acceptors (Lipinski definition) is 5. The van der Waals surface area contributed by atoms with Crippen molar-refractivity contribution < 1.29 is 23.1 Å². The molecule has 7 nitrogen and oxygen atoms in total. The van der Waals surface area contributed by atoms with Gasteiger partial charge >= 0.3 is 5.97 Å². The Balaban J connectivity index is 2.10. The van der Waals surface area contributed by atoms with Crippen molar-refractivity contribution in [3.05, 3.63) is 0 Å². The van der Waals surface area contributed by atoms with E-state index in [4.69, 9.17) is 5.11 Å². The molecule has 2 heterocycles. The number of carbonyl (C=O) groups is 2. The van der Waals surface area contributed by atoms with Gasteiger partial charge in [0, 0.05) is 25.7 Å². The standard InChI is InChI=1S/C13H22N2O5S/c1-10(13(18)14-4-2-3-5-14)15-6-7-21(19,20)9-11(15)8-12(16)17/h10-11H,2-9H2,1H3,(H,16,17). The first-order valence-electron chi connectivity index (χ1n) is 7.27. The van der Waals surface area contributed by atoms with Gasteiger partial charge in [-0.1, -0.05) is 0 Å². The zero-order valence-corrected chi connectivity index (χ0v) is 13.0. The monoisotopic (exact) mass is 318 g/mol. The van der Waals surface area contributed by atoms with Crippen LogP contribution < -0.4 is 0 Å². The maximum atomic E-state index is 12.4. The van der Waals surface area contributed by atoms with E-state index in [-0.39, 0.29) is 30.4 Å². The average Bonchev–Trinajstić information content (AvgIpc) is 2.89. The molecule has 2 aliphatic heterocycles. The third kappa shape index (κ3) is 3.94. The maximum Gasteiger partial charge on any atom is 0.304 e. The van der Waals surface area contributed by atoms with Crippen LogP contribution in [0.2, 0.25) is 0 Å². The lowest BCUT2D eigenvalue weighted by molar-refractivity contribution is -0.141. The van der Waals surface area contributed by atoms with Gasteiger partial charge in [-0.3, -0.25) is 14.5 Å². The van der Waals surface area contributed by atoms with Gasteiger partial charge in [0.15, 0.2) is 9.84 Å². The third-order valence-corrected chi connectivity index (χ3v) is 5.96. The first-order chi connectivity index (χ1) is 9.80. The van der Waals surface area contributed by atoms with E-state index < -0.39 is 27.9 Å². The highest BCUT2D eigenvalue weighted by Crippen LogP contribution is 2.20. The number of sulfone groups is 1. The summed E-state index contributed by atoms with van der Waals surface area (Å²) in [5.41, 5.74) is 0. The number of carbonyl (C=O) groups excluding carboxylic acids is 1. The van der Waals surface area contributed by atoms with E-state index >= 15 is 0 Å².